The van der Waals surface area contributed by atoms with Crippen molar-refractivity contribution in [3.05, 3.63) is 42.1 Å². The van der Waals surface area contributed by atoms with Crippen LogP contribution in [0.15, 0.2) is 46.8 Å². The zero-order chi connectivity index (χ0) is 15.5. The van der Waals surface area contributed by atoms with Gasteiger partial charge in [-0.1, -0.05) is 30.3 Å². The van der Waals surface area contributed by atoms with Gasteiger partial charge in [-0.3, -0.25) is 0 Å². The lowest BCUT2D eigenvalue weighted by Crippen LogP contribution is -2.11. The molecular formula is C13H10N8S. The lowest BCUT2D eigenvalue weighted by atomic mass is 10.2. The van der Waals surface area contributed by atoms with E-state index < -0.39 is 0 Å². The first-order chi connectivity index (χ1) is 10.7. The van der Waals surface area contributed by atoms with Gasteiger partial charge < -0.3 is 11.6 Å². The van der Waals surface area contributed by atoms with Gasteiger partial charge in [0.05, 0.1) is 6.20 Å². The van der Waals surface area contributed by atoms with E-state index in [0.717, 1.165) is 17.3 Å². The molecule has 2 heterocycles. The van der Waals surface area contributed by atoms with Crippen LogP contribution in [0.4, 0.5) is 5.82 Å². The van der Waals surface area contributed by atoms with Crippen molar-refractivity contribution in [2.45, 2.75) is 10.3 Å². The van der Waals surface area contributed by atoms with E-state index in [1.807, 2.05) is 36.4 Å². The van der Waals surface area contributed by atoms with Gasteiger partial charge in [-0.15, -0.1) is 10.2 Å². The molecule has 3 aromatic rings. The maximum absolute atomic E-state index is 8.81. The van der Waals surface area contributed by atoms with E-state index in [2.05, 4.69) is 20.2 Å². The summed E-state index contributed by atoms with van der Waals surface area (Å²) in [7, 11) is 0. The fourth-order valence-electron chi connectivity index (χ4n) is 1.73. The molecule has 0 saturated carbocycles. The van der Waals surface area contributed by atoms with Gasteiger partial charge in [0.1, 0.15) is 17.5 Å². The Bertz CT molecular complexity index is 852. The van der Waals surface area contributed by atoms with Gasteiger partial charge >= 0.3 is 0 Å². The third-order valence-corrected chi connectivity index (χ3v) is 3.64. The molecule has 22 heavy (non-hydrogen) atoms. The number of benzene rings is 1. The topological polar surface area (TPSA) is 132 Å². The molecule has 3 rings (SSSR count). The number of hydrogen-bond acceptors (Lipinski definition) is 8. The second-order valence-electron chi connectivity index (χ2n) is 4.21. The van der Waals surface area contributed by atoms with Gasteiger partial charge in [-0.25, -0.2) is 14.6 Å². The van der Waals surface area contributed by atoms with E-state index in [-0.39, 0.29) is 11.4 Å². The van der Waals surface area contributed by atoms with Crippen molar-refractivity contribution in [2.75, 3.05) is 11.6 Å². The quantitative estimate of drug-likeness (QED) is 0.542. The highest BCUT2D eigenvalue weighted by Crippen LogP contribution is 2.26. The largest absolute Gasteiger partial charge is 0.382 e. The van der Waals surface area contributed by atoms with Crippen molar-refractivity contribution in [3.63, 3.8) is 0 Å². The molecule has 9 heteroatoms. The Morgan fingerprint density at radius 3 is 2.64 bits per heavy atom. The molecule has 0 fully saturated rings. The van der Waals surface area contributed by atoms with Crippen LogP contribution in [0.1, 0.15) is 5.56 Å². The molecule has 0 spiro atoms. The minimum absolute atomic E-state index is 0.117. The van der Waals surface area contributed by atoms with Crippen molar-refractivity contribution in [2.24, 2.45) is 0 Å². The molecule has 1 aromatic carbocycles. The van der Waals surface area contributed by atoms with Crippen LogP contribution >= 0.6 is 11.8 Å². The third-order valence-electron chi connectivity index (χ3n) is 2.80. The van der Waals surface area contributed by atoms with Crippen molar-refractivity contribution in [1.29, 1.82) is 5.26 Å². The zero-order valence-corrected chi connectivity index (χ0v) is 12.0. The number of nitrogens with two attached hydrogens (primary N) is 2. The lowest BCUT2D eigenvalue weighted by molar-refractivity contribution is 0.840. The van der Waals surface area contributed by atoms with E-state index in [4.69, 9.17) is 16.8 Å². The molecule has 0 atom stereocenters. The zero-order valence-electron chi connectivity index (χ0n) is 11.2. The summed E-state index contributed by atoms with van der Waals surface area (Å²) in [6.07, 6.45) is 1.36. The van der Waals surface area contributed by atoms with Crippen molar-refractivity contribution >= 4 is 17.6 Å². The monoisotopic (exact) mass is 310 g/mol. The van der Waals surface area contributed by atoms with Gasteiger partial charge in [0.15, 0.2) is 11.0 Å². The molecule has 4 N–H and O–H groups in total. The number of rotatable bonds is 3. The molecule has 0 bridgehead atoms. The summed E-state index contributed by atoms with van der Waals surface area (Å²) in [6.45, 7) is 0. The molecular weight excluding hydrogens is 300 g/mol. The summed E-state index contributed by atoms with van der Waals surface area (Å²) in [5, 5.41) is 17.7. The highest BCUT2D eigenvalue weighted by atomic mass is 32.2. The average Bonchev–Trinajstić information content (AvgIpc) is 2.89. The normalized spacial score (nSPS) is 10.3. The van der Waals surface area contributed by atoms with E-state index in [0.29, 0.717) is 16.1 Å². The maximum atomic E-state index is 8.81. The molecule has 0 aliphatic rings. The van der Waals surface area contributed by atoms with E-state index >= 15 is 0 Å². The first-order valence-electron chi connectivity index (χ1n) is 6.15. The molecule has 0 saturated heterocycles. The van der Waals surface area contributed by atoms with Gasteiger partial charge in [-0.05, 0) is 11.8 Å². The minimum atomic E-state index is 0.117. The van der Waals surface area contributed by atoms with Gasteiger partial charge in [0, 0.05) is 5.56 Å². The van der Waals surface area contributed by atoms with Crippen LogP contribution in [0.25, 0.3) is 11.4 Å². The van der Waals surface area contributed by atoms with Crippen molar-refractivity contribution in [1.82, 2.24) is 24.8 Å². The average molecular weight is 310 g/mol. The first-order valence-corrected chi connectivity index (χ1v) is 6.97. The predicted octanol–water partition coefficient (Wildman–Crippen LogP) is 1.05. The van der Waals surface area contributed by atoms with Crippen LogP contribution in [-0.4, -0.2) is 24.8 Å². The van der Waals surface area contributed by atoms with Gasteiger partial charge in [0.25, 0.3) is 0 Å². The lowest BCUT2D eigenvalue weighted by Gasteiger charge is -2.03. The fourth-order valence-corrected chi connectivity index (χ4v) is 2.40. The molecule has 0 radical (unpaired) electrons. The molecule has 0 amide bonds. The van der Waals surface area contributed by atoms with Crippen LogP contribution in [0.5, 0.6) is 0 Å². The highest BCUT2D eigenvalue weighted by Gasteiger charge is 2.14. The van der Waals surface area contributed by atoms with Crippen LogP contribution in [0.3, 0.4) is 0 Å². The Morgan fingerprint density at radius 2 is 1.95 bits per heavy atom. The Kier molecular flexibility index (Phi) is 3.59. The van der Waals surface area contributed by atoms with Gasteiger partial charge in [0.2, 0.25) is 5.16 Å². The second kappa shape index (κ2) is 5.71. The van der Waals surface area contributed by atoms with Gasteiger partial charge in [-0.2, -0.15) is 5.26 Å². The Hall–Kier alpha value is -3.12. The predicted molar refractivity (Wildman–Crippen MR) is 80.9 cm³/mol. The Labute approximate surface area is 129 Å². The molecule has 8 nitrogen and oxygen atoms in total. The molecule has 0 aliphatic carbocycles. The molecule has 2 aromatic heterocycles. The Balaban J connectivity index is 1.90. The summed E-state index contributed by atoms with van der Waals surface area (Å²) < 4.78 is 1.36. The summed E-state index contributed by atoms with van der Waals surface area (Å²) in [5.74, 6) is 6.66. The minimum Gasteiger partial charge on any atom is -0.382 e. The second-order valence-corrected chi connectivity index (χ2v) is 5.14. The summed E-state index contributed by atoms with van der Waals surface area (Å²) >= 11 is 1.12. The van der Waals surface area contributed by atoms with E-state index in [1.54, 1.807) is 0 Å². The first kappa shape index (κ1) is 13.8. The smallest absolute Gasteiger partial charge is 0.217 e. The number of nitrogens with zero attached hydrogens (tertiary/aromatic N) is 6. The number of hydrogen-bond donors (Lipinski definition) is 2. The summed E-state index contributed by atoms with van der Waals surface area (Å²) in [6, 6.07) is 11.4. The molecule has 0 unspecified atom stereocenters. The van der Waals surface area contributed by atoms with Crippen LogP contribution in [0, 0.1) is 11.3 Å². The van der Waals surface area contributed by atoms with E-state index in [1.165, 1.54) is 10.9 Å². The number of aromatic nitrogens is 5. The van der Waals surface area contributed by atoms with Crippen molar-refractivity contribution in [3.8, 4) is 17.5 Å². The van der Waals surface area contributed by atoms with E-state index in [9.17, 15) is 0 Å². The van der Waals surface area contributed by atoms with Crippen LogP contribution in [-0.2, 0) is 0 Å². The number of anilines is 1. The summed E-state index contributed by atoms with van der Waals surface area (Å²) in [4.78, 5) is 8.07. The highest BCUT2D eigenvalue weighted by molar-refractivity contribution is 7.99. The molecule has 0 aliphatic heterocycles. The number of nitriles is 1. The van der Waals surface area contributed by atoms with Crippen LogP contribution in [0.2, 0.25) is 0 Å². The standard InChI is InChI=1S/C13H10N8S/c14-6-9-7-17-12(18-10(9)15)22-13-20-19-11(21(13)16)8-4-2-1-3-5-8/h1-5,7H,16H2,(H2,15,17,18). The fraction of sp³-hybridized carbons (Fsp3) is 0. The molecule has 108 valence electrons. The maximum Gasteiger partial charge on any atom is 0.217 e. The SMILES string of the molecule is N#Cc1cnc(Sc2nnc(-c3ccccc3)n2N)nc1N. The summed E-state index contributed by atoms with van der Waals surface area (Å²) in [5.41, 5.74) is 6.74. The Morgan fingerprint density at radius 1 is 1.18 bits per heavy atom. The third kappa shape index (κ3) is 2.55. The van der Waals surface area contributed by atoms with Crippen molar-refractivity contribution < 1.29 is 0 Å². The van der Waals surface area contributed by atoms with Crippen LogP contribution < -0.4 is 11.6 Å². The number of nitrogen functional groups attached to an aromatic ring is 2.